The Balaban J connectivity index is 2.17. The number of nitrogens with one attached hydrogen (secondary N) is 1. The molecule has 2 aromatic rings. The number of carbonyl (C=O) groups is 1. The van der Waals surface area contributed by atoms with Crippen molar-refractivity contribution in [1.82, 2.24) is 0 Å². The molecule has 0 spiro atoms. The zero-order valence-corrected chi connectivity index (χ0v) is 20.0. The highest BCUT2D eigenvalue weighted by Gasteiger charge is 2.36. The number of fused-ring (bicyclic) bond motifs is 1. The smallest absolute Gasteiger partial charge is 0.308 e. The van der Waals surface area contributed by atoms with E-state index in [1.54, 1.807) is 22.8 Å². The number of ether oxygens (including phenoxy) is 1. The lowest BCUT2D eigenvalue weighted by Gasteiger charge is -2.13. The van der Waals surface area contributed by atoms with Crippen LogP contribution in [0.1, 0.15) is 48.8 Å². The van der Waals surface area contributed by atoms with Gasteiger partial charge in [0.05, 0.1) is 24.3 Å². The van der Waals surface area contributed by atoms with Crippen LogP contribution in [0.2, 0.25) is 5.02 Å². The third kappa shape index (κ3) is 4.88. The van der Waals surface area contributed by atoms with E-state index in [1.807, 2.05) is 52.0 Å². The molecule has 3 rings (SSSR count). The maximum absolute atomic E-state index is 12.5. The van der Waals surface area contributed by atoms with E-state index in [4.69, 9.17) is 32.5 Å². The van der Waals surface area contributed by atoms with E-state index in [2.05, 4.69) is 0 Å². The van der Waals surface area contributed by atoms with Crippen LogP contribution < -0.4 is 5.73 Å². The molecule has 0 amide bonds. The summed E-state index contributed by atoms with van der Waals surface area (Å²) >= 11 is 7.67. The van der Waals surface area contributed by atoms with Crippen LogP contribution in [0, 0.1) is 25.2 Å². The van der Waals surface area contributed by atoms with E-state index >= 15 is 0 Å². The molecule has 0 unspecified atom stereocenters. The Bertz CT molecular complexity index is 1080. The van der Waals surface area contributed by atoms with Crippen molar-refractivity contribution < 1.29 is 14.1 Å². The number of rotatable bonds is 5. The number of aryl methyl sites for hydroxylation is 1. The average molecular weight is 460 g/mol. The Kier molecular flexibility index (Phi) is 6.96. The minimum Gasteiger partial charge on any atom is -0.465 e. The van der Waals surface area contributed by atoms with Crippen molar-refractivity contribution in [3.63, 3.8) is 0 Å². The normalized spacial score (nSPS) is 17.8. The van der Waals surface area contributed by atoms with Gasteiger partial charge in [-0.2, -0.15) is 9.98 Å². The third-order valence-electron chi connectivity index (χ3n) is 5.06. The van der Waals surface area contributed by atoms with Crippen LogP contribution in [0.5, 0.6) is 0 Å². The lowest BCUT2D eigenvalue weighted by Crippen LogP contribution is -2.35. The van der Waals surface area contributed by atoms with Crippen LogP contribution in [0.3, 0.4) is 0 Å². The van der Waals surface area contributed by atoms with Crippen LogP contribution in [-0.2, 0) is 9.53 Å². The summed E-state index contributed by atoms with van der Waals surface area (Å²) in [5.41, 5.74) is 9.83. The van der Waals surface area contributed by atoms with Crippen molar-refractivity contribution in [2.75, 3.05) is 6.61 Å². The topological polar surface area (TPSA) is 91.5 Å². The molecule has 0 bridgehead atoms. The van der Waals surface area contributed by atoms with E-state index in [1.165, 1.54) is 0 Å². The van der Waals surface area contributed by atoms with Crippen molar-refractivity contribution >= 4 is 51.3 Å². The number of hydrogen-bond donors (Lipinski definition) is 2. The van der Waals surface area contributed by atoms with Crippen molar-refractivity contribution in [2.24, 2.45) is 16.6 Å². The molecule has 2 heterocycles. The second-order valence-corrected chi connectivity index (χ2v) is 9.75. The van der Waals surface area contributed by atoms with Crippen LogP contribution >= 0.6 is 22.9 Å². The first-order chi connectivity index (χ1) is 14.6. The fourth-order valence-electron chi connectivity index (χ4n) is 3.38. The van der Waals surface area contributed by atoms with Crippen LogP contribution in [0.4, 0.5) is 5.00 Å². The molecule has 1 aromatic heterocycles. The number of halogens is 1. The highest BCUT2D eigenvalue weighted by Crippen LogP contribution is 2.39. The summed E-state index contributed by atoms with van der Waals surface area (Å²) in [7, 11) is 0. The summed E-state index contributed by atoms with van der Waals surface area (Å²) in [4.78, 5) is 18.6. The maximum Gasteiger partial charge on any atom is 0.308 e. The van der Waals surface area contributed by atoms with E-state index in [-0.39, 0.29) is 24.1 Å². The summed E-state index contributed by atoms with van der Waals surface area (Å²) in [6.45, 7) is 10.1. The van der Waals surface area contributed by atoms with E-state index in [9.17, 15) is 4.79 Å². The first-order valence-corrected chi connectivity index (χ1v) is 11.4. The van der Waals surface area contributed by atoms with Crippen molar-refractivity contribution in [1.29, 1.82) is 5.41 Å². The molecule has 31 heavy (non-hydrogen) atoms. The first kappa shape index (κ1) is 23.2. The van der Waals surface area contributed by atoms with Gasteiger partial charge in [-0.05, 0) is 37.5 Å². The van der Waals surface area contributed by atoms with Gasteiger partial charge in [-0.1, -0.05) is 37.6 Å². The molecule has 0 aliphatic carbocycles. The number of hydrogen-bond acceptors (Lipinski definition) is 5. The zero-order valence-electron chi connectivity index (χ0n) is 18.5. The number of nitrogens with zero attached hydrogens (tertiary/aromatic N) is 2. The number of aliphatic imine (C=N–C) groups is 1. The fourth-order valence-corrected chi connectivity index (χ4v) is 4.74. The Morgan fingerprint density at radius 1 is 1.32 bits per heavy atom. The Labute approximate surface area is 191 Å². The summed E-state index contributed by atoms with van der Waals surface area (Å²) in [5, 5.41) is 10.3. The molecule has 8 heteroatoms. The zero-order chi connectivity index (χ0) is 22.9. The summed E-state index contributed by atoms with van der Waals surface area (Å²) in [6.07, 6.45) is -0.0284. The quantitative estimate of drug-likeness (QED) is 0.381. The predicted octanol–water partition coefficient (Wildman–Crippen LogP) is 4.83. The van der Waals surface area contributed by atoms with Gasteiger partial charge in [0.2, 0.25) is 0 Å². The van der Waals surface area contributed by atoms with Gasteiger partial charge in [-0.25, -0.2) is 0 Å². The van der Waals surface area contributed by atoms with Gasteiger partial charge in [0.1, 0.15) is 6.04 Å². The van der Waals surface area contributed by atoms with Gasteiger partial charge in [-0.15, -0.1) is 11.3 Å². The van der Waals surface area contributed by atoms with Crippen molar-refractivity contribution in [3.05, 3.63) is 50.9 Å². The van der Waals surface area contributed by atoms with Crippen LogP contribution in [-0.4, -0.2) is 40.6 Å². The highest BCUT2D eigenvalue weighted by atomic mass is 35.5. The average Bonchev–Trinajstić information content (AvgIpc) is 2.91. The van der Waals surface area contributed by atoms with E-state index < -0.39 is 6.04 Å². The molecule has 1 aromatic carbocycles. The number of amidine groups is 2. The Morgan fingerprint density at radius 3 is 2.55 bits per heavy atom. The van der Waals surface area contributed by atoms with Crippen molar-refractivity contribution in [3.8, 4) is 0 Å². The SMILES string of the molecule is C/C(N)=[N+]1/C(=N)[C@H](CC(=O)OCC(C)C)N=C(c2ccc(Cl)cc2)c2c1sc(C)c2C. The first-order valence-electron chi connectivity index (χ1n) is 10.2. The van der Waals surface area contributed by atoms with E-state index in [0.717, 1.165) is 32.3 Å². The van der Waals surface area contributed by atoms with Gasteiger partial charge < -0.3 is 10.5 Å². The molecule has 6 nitrogen and oxygen atoms in total. The number of thiophene rings is 1. The largest absolute Gasteiger partial charge is 0.465 e. The second kappa shape index (κ2) is 9.32. The molecule has 164 valence electrons. The van der Waals surface area contributed by atoms with Crippen LogP contribution in [0.25, 0.3) is 0 Å². The second-order valence-electron chi connectivity index (χ2n) is 8.11. The lowest BCUT2D eigenvalue weighted by atomic mass is 10.00. The predicted molar refractivity (Wildman–Crippen MR) is 128 cm³/mol. The summed E-state index contributed by atoms with van der Waals surface area (Å²) < 4.78 is 7.07. The lowest BCUT2D eigenvalue weighted by molar-refractivity contribution is -0.309. The molecule has 1 aliphatic heterocycles. The molecule has 0 saturated heterocycles. The minimum atomic E-state index is -0.719. The molecular formula is C23H28ClN4O2S+. The molecule has 3 N–H and O–H groups in total. The number of benzene rings is 1. The maximum atomic E-state index is 12.5. The molecule has 0 fully saturated rings. The standard InChI is InChI=1S/C23H27ClN4O2S/c1-12(2)11-30-19(29)10-18-22(26)28(15(5)25)23-20(13(3)14(4)31-23)21(27-18)16-6-8-17(24)9-7-16/h6-9,12,18,25-26H,10-11H2,1-5H3/p+1/t18-/m0/s1. The number of esters is 1. The number of carbonyl (C=O) groups excluding carboxylic acids is 1. The summed E-state index contributed by atoms with van der Waals surface area (Å²) in [6, 6.07) is 6.72. The van der Waals surface area contributed by atoms with E-state index in [0.29, 0.717) is 17.5 Å². The Hall–Kier alpha value is -2.51. The molecule has 0 saturated carbocycles. The highest BCUT2D eigenvalue weighted by molar-refractivity contribution is 7.16. The molecule has 1 aliphatic rings. The third-order valence-corrected chi connectivity index (χ3v) is 6.50. The molecule has 0 radical (unpaired) electrons. The number of nitrogens with two attached hydrogens (primary N) is 1. The molecular weight excluding hydrogens is 432 g/mol. The Morgan fingerprint density at radius 2 is 1.97 bits per heavy atom. The van der Waals surface area contributed by atoms with Gasteiger partial charge >= 0.3 is 5.97 Å². The molecule has 1 atom stereocenters. The fraction of sp³-hybridized carbons (Fsp3) is 0.391. The van der Waals surface area contributed by atoms with Gasteiger partial charge in [0.15, 0.2) is 10.8 Å². The van der Waals surface area contributed by atoms with Gasteiger partial charge in [0.25, 0.3) is 5.84 Å². The van der Waals surface area contributed by atoms with Gasteiger partial charge in [-0.3, -0.25) is 9.79 Å². The minimum absolute atomic E-state index is 0.0284. The monoisotopic (exact) mass is 459 g/mol. The van der Waals surface area contributed by atoms with Crippen molar-refractivity contribution in [2.45, 2.75) is 47.1 Å². The summed E-state index contributed by atoms with van der Waals surface area (Å²) in [5.74, 6) is 0.475. The van der Waals surface area contributed by atoms with Crippen LogP contribution in [0.15, 0.2) is 29.3 Å². The van der Waals surface area contributed by atoms with Gasteiger partial charge in [0, 0.05) is 22.4 Å².